The van der Waals surface area contributed by atoms with E-state index in [1.807, 2.05) is 13.8 Å². The summed E-state index contributed by atoms with van der Waals surface area (Å²) in [5, 5.41) is 0. The Morgan fingerprint density at radius 1 is 0.875 bits per heavy atom. The summed E-state index contributed by atoms with van der Waals surface area (Å²) in [4.78, 5) is 23.0. The molecule has 0 aromatic heterocycles. The smallest absolute Gasteiger partial charge is 0.309 e. The molecule has 0 aromatic carbocycles. The number of rotatable bonds is 7. The third-order valence-electron chi connectivity index (χ3n) is 2.39. The normalized spacial score (nSPS) is 14.0. The molecule has 2 atom stereocenters. The zero-order chi connectivity index (χ0) is 12.6. The Balaban J connectivity index is 4.09. The van der Waals surface area contributed by atoms with Crippen LogP contribution < -0.4 is 0 Å². The van der Waals surface area contributed by atoms with Crippen LogP contribution in [0.3, 0.4) is 0 Å². The van der Waals surface area contributed by atoms with Gasteiger partial charge in [0.2, 0.25) is 0 Å². The first-order valence-electron chi connectivity index (χ1n) is 5.87. The van der Waals surface area contributed by atoms with Crippen LogP contribution in [-0.2, 0) is 19.1 Å². The first-order valence-corrected chi connectivity index (χ1v) is 5.87. The summed E-state index contributed by atoms with van der Waals surface area (Å²) in [6.07, 6.45) is 1.57. The minimum absolute atomic E-state index is 0.331. The van der Waals surface area contributed by atoms with Crippen molar-refractivity contribution in [3.8, 4) is 0 Å². The summed E-state index contributed by atoms with van der Waals surface area (Å²) in [6, 6.07) is 0. The molecular formula is C12H22O4. The van der Waals surface area contributed by atoms with Gasteiger partial charge in [-0.2, -0.15) is 0 Å². The molecule has 4 heteroatoms. The highest BCUT2D eigenvalue weighted by Crippen LogP contribution is 2.14. The van der Waals surface area contributed by atoms with E-state index in [1.54, 1.807) is 13.8 Å². The van der Waals surface area contributed by atoms with Crippen LogP contribution in [0.25, 0.3) is 0 Å². The summed E-state index contributed by atoms with van der Waals surface area (Å²) < 4.78 is 9.96. The Kier molecular flexibility index (Phi) is 7.60. The summed E-state index contributed by atoms with van der Waals surface area (Å²) in [7, 11) is 0. The van der Waals surface area contributed by atoms with Gasteiger partial charge < -0.3 is 9.47 Å². The van der Waals surface area contributed by atoms with E-state index in [0.29, 0.717) is 13.2 Å². The van der Waals surface area contributed by atoms with Crippen molar-refractivity contribution in [1.29, 1.82) is 0 Å². The van der Waals surface area contributed by atoms with Crippen molar-refractivity contribution in [2.45, 2.75) is 40.5 Å². The molecule has 0 amide bonds. The molecule has 0 aromatic rings. The molecule has 0 unspecified atom stereocenters. The fourth-order valence-corrected chi connectivity index (χ4v) is 1.08. The number of hydrogen-bond donors (Lipinski definition) is 0. The van der Waals surface area contributed by atoms with Gasteiger partial charge in [-0.15, -0.1) is 0 Å². The second-order valence-corrected chi connectivity index (χ2v) is 3.91. The maximum atomic E-state index is 11.5. The number of hydrogen-bond acceptors (Lipinski definition) is 4. The largest absolute Gasteiger partial charge is 0.465 e. The molecule has 0 aliphatic carbocycles. The Bertz CT molecular complexity index is 201. The highest BCUT2D eigenvalue weighted by atomic mass is 16.5. The van der Waals surface area contributed by atoms with Gasteiger partial charge in [-0.25, -0.2) is 0 Å². The van der Waals surface area contributed by atoms with E-state index in [4.69, 9.17) is 9.47 Å². The third kappa shape index (κ3) is 5.14. The summed E-state index contributed by atoms with van der Waals surface area (Å²) in [6.45, 7) is 8.04. The van der Waals surface area contributed by atoms with Gasteiger partial charge in [0.05, 0.1) is 25.0 Å². The molecular weight excluding hydrogens is 208 g/mol. The SMILES string of the molecule is CCCOC(=O)[C@@H](C)[C@@H](C)C(=O)OCCC. The second kappa shape index (κ2) is 8.13. The quantitative estimate of drug-likeness (QED) is 0.629. The molecule has 0 fully saturated rings. The van der Waals surface area contributed by atoms with Crippen molar-refractivity contribution in [2.75, 3.05) is 13.2 Å². The number of ether oxygens (including phenoxy) is 2. The molecule has 0 radical (unpaired) electrons. The number of carbonyl (C=O) groups is 2. The summed E-state index contributed by atoms with van der Waals surface area (Å²) in [5.74, 6) is -1.56. The van der Waals surface area contributed by atoms with Gasteiger partial charge in [-0.1, -0.05) is 27.7 Å². The topological polar surface area (TPSA) is 52.6 Å². The molecule has 0 heterocycles. The molecule has 0 spiro atoms. The lowest BCUT2D eigenvalue weighted by Crippen LogP contribution is -2.28. The maximum absolute atomic E-state index is 11.5. The molecule has 0 N–H and O–H groups in total. The molecule has 4 nitrogen and oxygen atoms in total. The van der Waals surface area contributed by atoms with Crippen molar-refractivity contribution in [1.82, 2.24) is 0 Å². The average molecular weight is 230 g/mol. The maximum Gasteiger partial charge on any atom is 0.309 e. The Morgan fingerprint density at radius 2 is 1.19 bits per heavy atom. The lowest BCUT2D eigenvalue weighted by Gasteiger charge is -2.17. The lowest BCUT2D eigenvalue weighted by molar-refractivity contribution is -0.159. The van der Waals surface area contributed by atoms with Gasteiger partial charge in [-0.05, 0) is 12.8 Å². The highest BCUT2D eigenvalue weighted by molar-refractivity contribution is 5.81. The second-order valence-electron chi connectivity index (χ2n) is 3.91. The Hall–Kier alpha value is -1.06. The fourth-order valence-electron chi connectivity index (χ4n) is 1.08. The molecule has 0 bridgehead atoms. The van der Waals surface area contributed by atoms with Gasteiger partial charge in [0.25, 0.3) is 0 Å². The highest BCUT2D eigenvalue weighted by Gasteiger charge is 2.28. The molecule has 0 saturated heterocycles. The van der Waals surface area contributed by atoms with E-state index in [9.17, 15) is 9.59 Å². The van der Waals surface area contributed by atoms with Gasteiger partial charge in [-0.3, -0.25) is 9.59 Å². The lowest BCUT2D eigenvalue weighted by atomic mass is 9.96. The predicted molar refractivity (Wildman–Crippen MR) is 60.8 cm³/mol. The van der Waals surface area contributed by atoms with E-state index in [-0.39, 0.29) is 11.9 Å². The van der Waals surface area contributed by atoms with E-state index >= 15 is 0 Å². The minimum Gasteiger partial charge on any atom is -0.465 e. The average Bonchev–Trinajstić information content (AvgIpc) is 2.30. The van der Waals surface area contributed by atoms with Crippen LogP contribution >= 0.6 is 0 Å². The van der Waals surface area contributed by atoms with E-state index in [2.05, 4.69) is 0 Å². The minimum atomic E-state index is -0.448. The van der Waals surface area contributed by atoms with E-state index in [1.165, 1.54) is 0 Å². The van der Waals surface area contributed by atoms with Crippen molar-refractivity contribution < 1.29 is 19.1 Å². The van der Waals surface area contributed by atoms with E-state index < -0.39 is 11.8 Å². The van der Waals surface area contributed by atoms with Gasteiger partial charge in [0.1, 0.15) is 0 Å². The van der Waals surface area contributed by atoms with Gasteiger partial charge >= 0.3 is 11.9 Å². The summed E-state index contributed by atoms with van der Waals surface area (Å²) >= 11 is 0. The van der Waals surface area contributed by atoms with Crippen LogP contribution in [0.2, 0.25) is 0 Å². The molecule has 0 aliphatic rings. The first-order chi connectivity index (χ1) is 7.54. The summed E-state index contributed by atoms with van der Waals surface area (Å²) in [5.41, 5.74) is 0. The van der Waals surface area contributed by atoms with Crippen LogP contribution in [0.15, 0.2) is 0 Å². The zero-order valence-corrected chi connectivity index (χ0v) is 10.6. The standard InChI is InChI=1S/C12H22O4/c1-5-7-15-11(13)9(3)10(4)12(14)16-8-6-2/h9-10H,5-8H2,1-4H3/t9-,10+. The predicted octanol–water partition coefficient (Wildman–Crippen LogP) is 2.17. The van der Waals surface area contributed by atoms with Crippen molar-refractivity contribution in [3.05, 3.63) is 0 Å². The van der Waals surface area contributed by atoms with E-state index in [0.717, 1.165) is 12.8 Å². The molecule has 0 rings (SSSR count). The van der Waals surface area contributed by atoms with Crippen LogP contribution in [0.5, 0.6) is 0 Å². The van der Waals surface area contributed by atoms with Crippen LogP contribution in [0.4, 0.5) is 0 Å². The zero-order valence-electron chi connectivity index (χ0n) is 10.6. The first kappa shape index (κ1) is 14.9. The van der Waals surface area contributed by atoms with Crippen LogP contribution in [0, 0.1) is 11.8 Å². The third-order valence-corrected chi connectivity index (χ3v) is 2.39. The molecule has 94 valence electrons. The Labute approximate surface area is 97.3 Å². The van der Waals surface area contributed by atoms with Crippen molar-refractivity contribution >= 4 is 11.9 Å². The van der Waals surface area contributed by atoms with Crippen LogP contribution in [0.1, 0.15) is 40.5 Å². The monoisotopic (exact) mass is 230 g/mol. The molecule has 16 heavy (non-hydrogen) atoms. The van der Waals surface area contributed by atoms with Gasteiger partial charge in [0, 0.05) is 0 Å². The Morgan fingerprint density at radius 3 is 1.44 bits per heavy atom. The van der Waals surface area contributed by atoms with Gasteiger partial charge in [0.15, 0.2) is 0 Å². The number of esters is 2. The van der Waals surface area contributed by atoms with Crippen molar-refractivity contribution in [2.24, 2.45) is 11.8 Å². The van der Waals surface area contributed by atoms with Crippen LogP contribution in [-0.4, -0.2) is 25.2 Å². The molecule has 0 aliphatic heterocycles. The molecule has 0 saturated carbocycles. The number of carbonyl (C=O) groups excluding carboxylic acids is 2. The fraction of sp³-hybridized carbons (Fsp3) is 0.833. The van der Waals surface area contributed by atoms with Crippen molar-refractivity contribution in [3.63, 3.8) is 0 Å².